The molecular formula is C7H14N4O3S. The van der Waals surface area contributed by atoms with Crippen molar-refractivity contribution in [2.24, 2.45) is 0 Å². The molecule has 15 heavy (non-hydrogen) atoms. The predicted molar refractivity (Wildman–Crippen MR) is 54.7 cm³/mol. The second kappa shape index (κ2) is 4.60. The van der Waals surface area contributed by atoms with E-state index < -0.39 is 10.0 Å². The summed E-state index contributed by atoms with van der Waals surface area (Å²) in [6, 6.07) is 0. The minimum absolute atomic E-state index is 0.0209. The third-order valence-corrected chi connectivity index (χ3v) is 3.34. The van der Waals surface area contributed by atoms with Crippen LogP contribution < -0.4 is 10.5 Å². The van der Waals surface area contributed by atoms with Crippen molar-refractivity contribution in [1.82, 2.24) is 14.9 Å². The SMILES string of the molecule is COC(C)CNS(=O)(=O)c1cn[nH]c1N. The topological polar surface area (TPSA) is 110 Å². The normalized spacial score (nSPS) is 14.0. The Bertz CT molecular complexity index is 414. The van der Waals surface area contributed by atoms with Crippen LogP contribution in [0.15, 0.2) is 11.1 Å². The molecule has 0 aliphatic heterocycles. The summed E-state index contributed by atoms with van der Waals surface area (Å²) in [6.07, 6.45) is 0.961. The Labute approximate surface area is 88.1 Å². The first kappa shape index (κ1) is 12.0. The van der Waals surface area contributed by atoms with Gasteiger partial charge in [-0.15, -0.1) is 0 Å². The van der Waals surface area contributed by atoms with E-state index in [-0.39, 0.29) is 23.4 Å². The van der Waals surface area contributed by atoms with Gasteiger partial charge in [-0.3, -0.25) is 5.10 Å². The van der Waals surface area contributed by atoms with Crippen molar-refractivity contribution in [3.8, 4) is 0 Å². The first-order chi connectivity index (χ1) is 6.97. The number of hydrogen-bond donors (Lipinski definition) is 3. The fourth-order valence-corrected chi connectivity index (χ4v) is 2.02. The average molecular weight is 234 g/mol. The zero-order chi connectivity index (χ0) is 11.5. The summed E-state index contributed by atoms with van der Waals surface area (Å²) in [5.74, 6) is 0.0209. The predicted octanol–water partition coefficient (Wildman–Crippen LogP) is -0.695. The fourth-order valence-electron chi connectivity index (χ4n) is 0.887. The van der Waals surface area contributed by atoms with Gasteiger partial charge in [0.15, 0.2) is 0 Å². The molecule has 0 aliphatic rings. The van der Waals surface area contributed by atoms with E-state index in [2.05, 4.69) is 14.9 Å². The van der Waals surface area contributed by atoms with Gasteiger partial charge in [-0.1, -0.05) is 0 Å². The second-order valence-corrected chi connectivity index (χ2v) is 4.78. The second-order valence-electron chi connectivity index (χ2n) is 3.05. The minimum Gasteiger partial charge on any atom is -0.383 e. The molecule has 1 heterocycles. The van der Waals surface area contributed by atoms with Crippen LogP contribution >= 0.6 is 0 Å². The maximum Gasteiger partial charge on any atom is 0.245 e. The van der Waals surface area contributed by atoms with Crippen molar-refractivity contribution in [2.45, 2.75) is 17.9 Å². The van der Waals surface area contributed by atoms with Crippen LogP contribution in [0, 0.1) is 0 Å². The molecule has 0 spiro atoms. The number of nitrogens with two attached hydrogens (primary N) is 1. The molecular weight excluding hydrogens is 220 g/mol. The van der Waals surface area contributed by atoms with Crippen molar-refractivity contribution < 1.29 is 13.2 Å². The van der Waals surface area contributed by atoms with E-state index in [0.29, 0.717) is 0 Å². The molecule has 1 atom stereocenters. The van der Waals surface area contributed by atoms with E-state index in [4.69, 9.17) is 10.5 Å². The van der Waals surface area contributed by atoms with E-state index >= 15 is 0 Å². The van der Waals surface area contributed by atoms with Crippen LogP contribution in [0.25, 0.3) is 0 Å². The smallest absolute Gasteiger partial charge is 0.245 e. The van der Waals surface area contributed by atoms with Crippen molar-refractivity contribution >= 4 is 15.8 Å². The van der Waals surface area contributed by atoms with Crippen LogP contribution in [0.2, 0.25) is 0 Å². The van der Waals surface area contributed by atoms with Crippen LogP contribution in [0.3, 0.4) is 0 Å². The molecule has 86 valence electrons. The number of anilines is 1. The number of methoxy groups -OCH3 is 1. The maximum atomic E-state index is 11.6. The highest BCUT2D eigenvalue weighted by molar-refractivity contribution is 7.89. The van der Waals surface area contributed by atoms with Crippen LogP contribution in [0.1, 0.15) is 6.92 Å². The van der Waals surface area contributed by atoms with Gasteiger partial charge in [0.2, 0.25) is 10.0 Å². The molecule has 4 N–H and O–H groups in total. The summed E-state index contributed by atoms with van der Waals surface area (Å²) in [5, 5.41) is 5.89. The monoisotopic (exact) mass is 234 g/mol. The number of ether oxygens (including phenoxy) is 1. The molecule has 1 unspecified atom stereocenters. The standard InChI is InChI=1S/C7H14N4O3S/c1-5(14-2)3-10-15(12,13)6-4-9-11-7(6)8/h4-5,10H,3H2,1-2H3,(H3,8,9,11). The third kappa shape index (κ3) is 2.91. The van der Waals surface area contributed by atoms with Crippen molar-refractivity contribution in [3.05, 3.63) is 6.20 Å². The number of hydrogen-bond acceptors (Lipinski definition) is 5. The van der Waals surface area contributed by atoms with Gasteiger partial charge < -0.3 is 10.5 Å². The Morgan fingerprint density at radius 2 is 2.40 bits per heavy atom. The lowest BCUT2D eigenvalue weighted by molar-refractivity contribution is 0.122. The molecule has 0 bridgehead atoms. The molecule has 0 fully saturated rings. The number of aromatic nitrogens is 2. The van der Waals surface area contributed by atoms with Crippen LogP contribution in [0.5, 0.6) is 0 Å². The van der Waals surface area contributed by atoms with Crippen LogP contribution in [0.4, 0.5) is 5.82 Å². The van der Waals surface area contributed by atoms with Crippen LogP contribution in [-0.4, -0.2) is 38.4 Å². The zero-order valence-electron chi connectivity index (χ0n) is 8.52. The summed E-state index contributed by atoms with van der Waals surface area (Å²) in [6.45, 7) is 1.94. The van der Waals surface area contributed by atoms with Gasteiger partial charge in [0.25, 0.3) is 0 Å². The number of nitrogens with zero attached hydrogens (tertiary/aromatic N) is 1. The largest absolute Gasteiger partial charge is 0.383 e. The molecule has 0 saturated carbocycles. The third-order valence-electron chi connectivity index (χ3n) is 1.88. The van der Waals surface area contributed by atoms with Gasteiger partial charge in [0, 0.05) is 13.7 Å². The lowest BCUT2D eigenvalue weighted by atomic mass is 10.4. The Kier molecular flexibility index (Phi) is 3.66. The van der Waals surface area contributed by atoms with E-state index in [1.54, 1.807) is 6.92 Å². The number of aromatic amines is 1. The Morgan fingerprint density at radius 1 is 1.73 bits per heavy atom. The van der Waals surface area contributed by atoms with Gasteiger partial charge in [0.1, 0.15) is 10.7 Å². The fraction of sp³-hybridized carbons (Fsp3) is 0.571. The van der Waals surface area contributed by atoms with Gasteiger partial charge in [-0.25, -0.2) is 13.1 Å². The molecule has 0 amide bonds. The Morgan fingerprint density at radius 3 is 2.87 bits per heavy atom. The number of nitrogen functional groups attached to an aromatic ring is 1. The lowest BCUT2D eigenvalue weighted by Crippen LogP contribution is -2.31. The van der Waals surface area contributed by atoms with E-state index in [0.717, 1.165) is 6.20 Å². The van der Waals surface area contributed by atoms with Gasteiger partial charge in [-0.2, -0.15) is 5.10 Å². The average Bonchev–Trinajstić information content (AvgIpc) is 2.61. The summed E-state index contributed by atoms with van der Waals surface area (Å²) < 4.78 is 30.5. The van der Waals surface area contributed by atoms with Crippen molar-refractivity contribution in [1.29, 1.82) is 0 Å². The molecule has 0 aliphatic carbocycles. The summed E-state index contributed by atoms with van der Waals surface area (Å²) in [7, 11) is -2.10. The highest BCUT2D eigenvalue weighted by Crippen LogP contribution is 2.13. The molecule has 8 heteroatoms. The quantitative estimate of drug-likeness (QED) is 0.624. The van der Waals surface area contributed by atoms with Gasteiger partial charge in [-0.05, 0) is 6.92 Å². The van der Waals surface area contributed by atoms with Gasteiger partial charge in [0.05, 0.1) is 12.3 Å². The first-order valence-electron chi connectivity index (χ1n) is 4.28. The molecule has 1 aromatic rings. The highest BCUT2D eigenvalue weighted by Gasteiger charge is 2.19. The summed E-state index contributed by atoms with van der Waals surface area (Å²) in [4.78, 5) is -0.0502. The van der Waals surface area contributed by atoms with Crippen LogP contribution in [-0.2, 0) is 14.8 Å². The number of rotatable bonds is 5. The number of H-pyrrole nitrogens is 1. The Hall–Kier alpha value is -1.12. The minimum atomic E-state index is -3.60. The van der Waals surface area contributed by atoms with Gasteiger partial charge >= 0.3 is 0 Å². The zero-order valence-corrected chi connectivity index (χ0v) is 9.34. The molecule has 0 radical (unpaired) electrons. The van der Waals surface area contributed by atoms with Crippen molar-refractivity contribution in [2.75, 3.05) is 19.4 Å². The molecule has 1 rings (SSSR count). The molecule has 0 saturated heterocycles. The van der Waals surface area contributed by atoms with E-state index in [9.17, 15) is 8.42 Å². The van der Waals surface area contributed by atoms with E-state index in [1.807, 2.05) is 0 Å². The van der Waals surface area contributed by atoms with Crippen molar-refractivity contribution in [3.63, 3.8) is 0 Å². The number of nitrogens with one attached hydrogen (secondary N) is 2. The summed E-state index contributed by atoms with van der Waals surface area (Å²) >= 11 is 0. The Balaban J connectivity index is 2.73. The molecule has 7 nitrogen and oxygen atoms in total. The first-order valence-corrected chi connectivity index (χ1v) is 5.77. The molecule has 1 aromatic heterocycles. The summed E-state index contributed by atoms with van der Waals surface area (Å²) in [5.41, 5.74) is 5.40. The number of sulfonamides is 1. The van der Waals surface area contributed by atoms with E-state index in [1.165, 1.54) is 7.11 Å². The maximum absolute atomic E-state index is 11.6. The molecule has 0 aromatic carbocycles. The lowest BCUT2D eigenvalue weighted by Gasteiger charge is -2.10. The highest BCUT2D eigenvalue weighted by atomic mass is 32.2.